The Morgan fingerprint density at radius 1 is 1.09 bits per heavy atom. The van der Waals surface area contributed by atoms with Crippen LogP contribution in [0.3, 0.4) is 0 Å². The van der Waals surface area contributed by atoms with Crippen LogP contribution in [0.4, 0.5) is 24.5 Å². The summed E-state index contributed by atoms with van der Waals surface area (Å²) >= 11 is 0. The van der Waals surface area contributed by atoms with Crippen LogP contribution >= 0.6 is 0 Å². The molecule has 9 nitrogen and oxygen atoms in total. The molecule has 0 unspecified atom stereocenters. The van der Waals surface area contributed by atoms with Gasteiger partial charge in [-0.15, -0.1) is 5.10 Å². The fraction of sp³-hybridized carbons (Fsp3) is 0.304. The molecule has 4 rings (SSSR count). The van der Waals surface area contributed by atoms with Crippen LogP contribution in [0.15, 0.2) is 48.5 Å². The van der Waals surface area contributed by atoms with E-state index in [2.05, 4.69) is 15.5 Å². The van der Waals surface area contributed by atoms with E-state index in [-0.39, 0.29) is 11.4 Å². The minimum absolute atomic E-state index is 0.0334. The highest BCUT2D eigenvalue weighted by Gasteiger charge is 2.32. The number of anilines is 2. The van der Waals surface area contributed by atoms with Gasteiger partial charge in [-0.2, -0.15) is 23.1 Å². The molecule has 2 heterocycles. The zero-order chi connectivity index (χ0) is 25.0. The SMILES string of the molecule is Cc1nn(-c2ccccc2)nc1C(=O)OCC(=O)Nc1cc(C(F)(F)F)ccc1N1CCOCC1. The Balaban J connectivity index is 1.45. The van der Waals surface area contributed by atoms with Crippen molar-refractivity contribution in [1.29, 1.82) is 0 Å². The van der Waals surface area contributed by atoms with E-state index >= 15 is 0 Å². The monoisotopic (exact) mass is 489 g/mol. The molecule has 0 spiro atoms. The Kier molecular flexibility index (Phi) is 7.01. The molecule has 184 valence electrons. The third-order valence-electron chi connectivity index (χ3n) is 5.25. The smallest absolute Gasteiger partial charge is 0.416 e. The van der Waals surface area contributed by atoms with Crippen LogP contribution in [0, 0.1) is 6.92 Å². The first-order valence-corrected chi connectivity index (χ1v) is 10.7. The number of esters is 1. The van der Waals surface area contributed by atoms with Crippen molar-refractivity contribution in [3.8, 4) is 5.69 Å². The van der Waals surface area contributed by atoms with Crippen molar-refractivity contribution in [2.45, 2.75) is 13.1 Å². The number of alkyl halides is 3. The lowest BCUT2D eigenvalue weighted by atomic mass is 10.1. The van der Waals surface area contributed by atoms with Gasteiger partial charge in [-0.25, -0.2) is 4.79 Å². The summed E-state index contributed by atoms with van der Waals surface area (Å²) in [4.78, 5) is 28.1. The van der Waals surface area contributed by atoms with Crippen LogP contribution in [0.25, 0.3) is 5.69 Å². The molecule has 0 saturated carbocycles. The van der Waals surface area contributed by atoms with Crippen molar-refractivity contribution in [2.75, 3.05) is 43.1 Å². The summed E-state index contributed by atoms with van der Waals surface area (Å²) in [5, 5.41) is 10.7. The first-order chi connectivity index (χ1) is 16.7. The predicted molar refractivity (Wildman–Crippen MR) is 119 cm³/mol. The van der Waals surface area contributed by atoms with Gasteiger partial charge in [0, 0.05) is 13.1 Å². The molecule has 1 aliphatic rings. The summed E-state index contributed by atoms with van der Waals surface area (Å²) < 4.78 is 50.1. The summed E-state index contributed by atoms with van der Waals surface area (Å²) in [5.74, 6) is -1.67. The molecule has 1 saturated heterocycles. The number of ether oxygens (including phenoxy) is 2. The first-order valence-electron chi connectivity index (χ1n) is 10.7. The second kappa shape index (κ2) is 10.1. The van der Waals surface area contributed by atoms with E-state index in [0.29, 0.717) is 43.4 Å². The zero-order valence-corrected chi connectivity index (χ0v) is 18.7. The summed E-state index contributed by atoms with van der Waals surface area (Å²) in [7, 11) is 0. The van der Waals surface area contributed by atoms with Gasteiger partial charge in [0.2, 0.25) is 0 Å². The number of para-hydroxylation sites is 1. The molecule has 1 N–H and O–H groups in total. The topological polar surface area (TPSA) is 98.6 Å². The van der Waals surface area contributed by atoms with E-state index < -0.39 is 30.2 Å². The Morgan fingerprint density at radius 3 is 2.49 bits per heavy atom. The van der Waals surface area contributed by atoms with Gasteiger partial charge in [-0.1, -0.05) is 18.2 Å². The number of rotatable bonds is 6. The van der Waals surface area contributed by atoms with Gasteiger partial charge < -0.3 is 19.7 Å². The number of carbonyl (C=O) groups excluding carboxylic acids is 2. The molecule has 0 aliphatic carbocycles. The van der Waals surface area contributed by atoms with Crippen LogP contribution in [0.5, 0.6) is 0 Å². The number of morpholine rings is 1. The first kappa shape index (κ1) is 24.2. The molecule has 0 bridgehead atoms. The number of amides is 1. The van der Waals surface area contributed by atoms with E-state index in [1.54, 1.807) is 31.2 Å². The van der Waals surface area contributed by atoms with Gasteiger partial charge in [0.1, 0.15) is 0 Å². The van der Waals surface area contributed by atoms with E-state index in [4.69, 9.17) is 9.47 Å². The van der Waals surface area contributed by atoms with Gasteiger partial charge in [-0.05, 0) is 37.3 Å². The van der Waals surface area contributed by atoms with Gasteiger partial charge in [-0.3, -0.25) is 4.79 Å². The molecule has 0 radical (unpaired) electrons. The van der Waals surface area contributed by atoms with Crippen molar-refractivity contribution < 1.29 is 32.2 Å². The minimum atomic E-state index is -4.59. The third-order valence-corrected chi connectivity index (χ3v) is 5.25. The lowest BCUT2D eigenvalue weighted by molar-refractivity contribution is -0.137. The summed E-state index contributed by atoms with van der Waals surface area (Å²) in [6.07, 6.45) is -4.59. The standard InChI is InChI=1S/C23H22F3N5O4/c1-15-21(29-31(28-15)17-5-3-2-4-6-17)22(33)35-14-20(32)27-18-13-16(23(24,25)26)7-8-19(18)30-9-11-34-12-10-30/h2-8,13H,9-12,14H2,1H3,(H,27,32). The maximum absolute atomic E-state index is 13.3. The van der Waals surface area contributed by atoms with E-state index in [0.717, 1.165) is 12.1 Å². The normalized spacial score (nSPS) is 14.0. The van der Waals surface area contributed by atoms with Crippen molar-refractivity contribution in [2.24, 2.45) is 0 Å². The molecular formula is C23H22F3N5O4. The zero-order valence-electron chi connectivity index (χ0n) is 18.7. The molecule has 35 heavy (non-hydrogen) atoms. The van der Waals surface area contributed by atoms with Crippen LogP contribution in [0.2, 0.25) is 0 Å². The quantitative estimate of drug-likeness (QED) is 0.531. The highest BCUT2D eigenvalue weighted by molar-refractivity contribution is 5.97. The molecular weight excluding hydrogens is 467 g/mol. The Labute approximate surface area is 198 Å². The van der Waals surface area contributed by atoms with Gasteiger partial charge in [0.25, 0.3) is 5.91 Å². The van der Waals surface area contributed by atoms with E-state index in [9.17, 15) is 22.8 Å². The predicted octanol–water partition coefficient (Wildman–Crippen LogP) is 3.23. The lowest BCUT2D eigenvalue weighted by Gasteiger charge is -2.31. The highest BCUT2D eigenvalue weighted by Crippen LogP contribution is 2.35. The fourth-order valence-electron chi connectivity index (χ4n) is 3.52. The molecule has 0 atom stereocenters. The third kappa shape index (κ3) is 5.77. The van der Waals surface area contributed by atoms with Crippen molar-refractivity contribution in [3.63, 3.8) is 0 Å². The van der Waals surface area contributed by atoms with E-state index in [1.165, 1.54) is 10.9 Å². The number of carbonyl (C=O) groups is 2. The minimum Gasteiger partial charge on any atom is -0.451 e. The summed E-state index contributed by atoms with van der Waals surface area (Å²) in [6, 6.07) is 12.0. The number of hydrogen-bond donors (Lipinski definition) is 1. The molecule has 1 aromatic heterocycles. The number of nitrogens with one attached hydrogen (secondary N) is 1. The van der Waals surface area contributed by atoms with Gasteiger partial charge in [0.05, 0.1) is 41.5 Å². The Bertz CT molecular complexity index is 1210. The number of aromatic nitrogens is 3. The second-order valence-corrected chi connectivity index (χ2v) is 7.71. The number of hydrogen-bond acceptors (Lipinski definition) is 7. The average molecular weight is 489 g/mol. The number of nitrogens with zero attached hydrogens (tertiary/aromatic N) is 4. The van der Waals surface area contributed by atoms with Crippen molar-refractivity contribution >= 4 is 23.3 Å². The summed E-state index contributed by atoms with van der Waals surface area (Å²) in [6.45, 7) is 2.60. The van der Waals surface area contributed by atoms with Crippen LogP contribution in [-0.2, 0) is 20.4 Å². The highest BCUT2D eigenvalue weighted by atomic mass is 19.4. The maximum atomic E-state index is 13.3. The number of benzene rings is 2. The average Bonchev–Trinajstić information content (AvgIpc) is 3.25. The fourth-order valence-corrected chi connectivity index (χ4v) is 3.52. The van der Waals surface area contributed by atoms with Crippen LogP contribution < -0.4 is 10.2 Å². The summed E-state index contributed by atoms with van der Waals surface area (Å²) in [5.41, 5.74) is 0.334. The lowest BCUT2D eigenvalue weighted by Crippen LogP contribution is -2.37. The van der Waals surface area contributed by atoms with Crippen molar-refractivity contribution in [1.82, 2.24) is 15.0 Å². The van der Waals surface area contributed by atoms with Crippen molar-refractivity contribution in [3.05, 3.63) is 65.5 Å². The number of aryl methyl sites for hydroxylation is 1. The molecule has 1 fully saturated rings. The van der Waals surface area contributed by atoms with E-state index in [1.807, 2.05) is 11.0 Å². The molecule has 12 heteroatoms. The molecule has 1 aliphatic heterocycles. The Morgan fingerprint density at radius 2 is 1.80 bits per heavy atom. The second-order valence-electron chi connectivity index (χ2n) is 7.71. The molecule has 2 aromatic carbocycles. The maximum Gasteiger partial charge on any atom is 0.416 e. The Hall–Kier alpha value is -3.93. The largest absolute Gasteiger partial charge is 0.451 e. The van der Waals surface area contributed by atoms with Gasteiger partial charge in [0.15, 0.2) is 12.3 Å². The van der Waals surface area contributed by atoms with Crippen LogP contribution in [-0.4, -0.2) is 59.8 Å². The van der Waals surface area contributed by atoms with Gasteiger partial charge >= 0.3 is 12.1 Å². The van der Waals surface area contributed by atoms with Crippen LogP contribution in [0.1, 0.15) is 21.7 Å². The molecule has 1 amide bonds. The number of halogens is 3. The molecule has 3 aromatic rings.